The first-order valence-electron chi connectivity index (χ1n) is 8.60. The van der Waals surface area contributed by atoms with E-state index in [1.165, 1.54) is 18.5 Å². The van der Waals surface area contributed by atoms with Crippen LogP contribution in [-0.4, -0.2) is 29.3 Å². The predicted octanol–water partition coefficient (Wildman–Crippen LogP) is 3.48. The number of hydrogen-bond acceptors (Lipinski definition) is 3. The van der Waals surface area contributed by atoms with Crippen molar-refractivity contribution < 1.29 is 4.79 Å². The molecule has 6 heteroatoms. The van der Waals surface area contributed by atoms with E-state index in [4.69, 9.17) is 0 Å². The topological polar surface area (TPSA) is 73.1 Å². The molecule has 0 unspecified atom stereocenters. The summed E-state index contributed by atoms with van der Waals surface area (Å²) in [5, 5.41) is 13.6. The number of hydrogen-bond donors (Lipinski definition) is 3. The van der Waals surface area contributed by atoms with E-state index >= 15 is 0 Å². The summed E-state index contributed by atoms with van der Waals surface area (Å²) in [5.41, 5.74) is 3.99. The first-order valence-corrected chi connectivity index (χ1v) is 8.60. The fourth-order valence-electron chi connectivity index (χ4n) is 3.23. The Morgan fingerprint density at radius 3 is 2.72 bits per heavy atom. The summed E-state index contributed by atoms with van der Waals surface area (Å²) >= 11 is 0. The van der Waals surface area contributed by atoms with Crippen LogP contribution in [0.4, 0.5) is 16.2 Å². The van der Waals surface area contributed by atoms with Gasteiger partial charge in [-0.05, 0) is 42.7 Å². The van der Waals surface area contributed by atoms with Crippen molar-refractivity contribution >= 4 is 28.3 Å². The summed E-state index contributed by atoms with van der Waals surface area (Å²) in [6.07, 6.45) is 4.25. The molecule has 128 valence electrons. The second kappa shape index (κ2) is 6.84. The van der Waals surface area contributed by atoms with Gasteiger partial charge in [0.1, 0.15) is 0 Å². The van der Waals surface area contributed by atoms with Crippen LogP contribution in [-0.2, 0) is 6.54 Å². The summed E-state index contributed by atoms with van der Waals surface area (Å²) in [7, 11) is 0. The summed E-state index contributed by atoms with van der Waals surface area (Å²) in [6.45, 7) is 2.77. The van der Waals surface area contributed by atoms with E-state index in [0.717, 1.165) is 35.2 Å². The minimum absolute atomic E-state index is 0.225. The van der Waals surface area contributed by atoms with E-state index in [9.17, 15) is 4.79 Å². The molecule has 0 saturated carbocycles. The summed E-state index contributed by atoms with van der Waals surface area (Å²) < 4.78 is 0. The number of anilines is 2. The third kappa shape index (κ3) is 3.42. The van der Waals surface area contributed by atoms with E-state index in [2.05, 4.69) is 50.0 Å². The van der Waals surface area contributed by atoms with E-state index in [1.807, 2.05) is 18.2 Å². The smallest absolute Gasteiger partial charge is 0.319 e. The molecule has 2 aromatic carbocycles. The molecule has 0 atom stereocenters. The van der Waals surface area contributed by atoms with Gasteiger partial charge >= 0.3 is 6.03 Å². The van der Waals surface area contributed by atoms with Crippen LogP contribution in [0, 0.1) is 0 Å². The largest absolute Gasteiger partial charge is 0.372 e. The van der Waals surface area contributed by atoms with Crippen molar-refractivity contribution in [2.45, 2.75) is 19.4 Å². The van der Waals surface area contributed by atoms with Crippen LogP contribution in [0.5, 0.6) is 0 Å². The zero-order valence-electron chi connectivity index (χ0n) is 14.0. The van der Waals surface area contributed by atoms with Gasteiger partial charge in [-0.2, -0.15) is 5.10 Å². The first kappa shape index (κ1) is 15.5. The van der Waals surface area contributed by atoms with Crippen LogP contribution in [0.3, 0.4) is 0 Å². The molecule has 2 amide bonds. The molecule has 25 heavy (non-hydrogen) atoms. The standard InChI is InChI=1S/C19H21N5O/c25-19(22-17-4-3-5-18-16(17)13-21-23-18)20-12-14-6-8-15(9-7-14)24-10-1-2-11-24/h3-9,13H,1-2,10-12H2,(H,21,23)(H2,20,22,25). The van der Waals surface area contributed by atoms with Crippen LogP contribution >= 0.6 is 0 Å². The lowest BCUT2D eigenvalue weighted by Crippen LogP contribution is -2.28. The Morgan fingerprint density at radius 2 is 1.92 bits per heavy atom. The summed E-state index contributed by atoms with van der Waals surface area (Å²) in [6, 6.07) is 13.9. The van der Waals surface area contributed by atoms with Crippen molar-refractivity contribution in [1.29, 1.82) is 0 Å². The van der Waals surface area contributed by atoms with Crippen LogP contribution in [0.2, 0.25) is 0 Å². The zero-order chi connectivity index (χ0) is 17.1. The van der Waals surface area contributed by atoms with Crippen LogP contribution in [0.15, 0.2) is 48.7 Å². The highest BCUT2D eigenvalue weighted by Gasteiger charge is 2.12. The number of aromatic nitrogens is 2. The van der Waals surface area contributed by atoms with Gasteiger partial charge in [0.2, 0.25) is 0 Å². The van der Waals surface area contributed by atoms with Gasteiger partial charge in [-0.25, -0.2) is 4.79 Å². The molecule has 1 fully saturated rings. The lowest BCUT2D eigenvalue weighted by Gasteiger charge is -2.17. The highest BCUT2D eigenvalue weighted by atomic mass is 16.2. The average Bonchev–Trinajstić information content (AvgIpc) is 3.32. The predicted molar refractivity (Wildman–Crippen MR) is 99.8 cm³/mol. The van der Waals surface area contributed by atoms with Gasteiger partial charge < -0.3 is 15.5 Å². The Bertz CT molecular complexity index is 865. The first-order chi connectivity index (χ1) is 12.3. The Kier molecular flexibility index (Phi) is 4.24. The number of fused-ring (bicyclic) bond motifs is 1. The maximum absolute atomic E-state index is 12.2. The molecule has 6 nitrogen and oxygen atoms in total. The van der Waals surface area contributed by atoms with Gasteiger partial charge in [0.25, 0.3) is 0 Å². The van der Waals surface area contributed by atoms with Crippen molar-refractivity contribution in [2.75, 3.05) is 23.3 Å². The molecule has 1 aromatic heterocycles. The monoisotopic (exact) mass is 335 g/mol. The number of amides is 2. The molecule has 1 aliphatic heterocycles. The van der Waals surface area contributed by atoms with Crippen molar-refractivity contribution in [3.63, 3.8) is 0 Å². The second-order valence-corrected chi connectivity index (χ2v) is 6.31. The second-order valence-electron chi connectivity index (χ2n) is 6.31. The average molecular weight is 335 g/mol. The van der Waals surface area contributed by atoms with Crippen molar-refractivity contribution in [2.24, 2.45) is 0 Å². The van der Waals surface area contributed by atoms with Gasteiger partial charge in [0.05, 0.1) is 17.4 Å². The van der Waals surface area contributed by atoms with Crippen molar-refractivity contribution in [3.05, 3.63) is 54.2 Å². The number of rotatable bonds is 4. The molecule has 1 aliphatic rings. The normalized spacial score (nSPS) is 14.0. The van der Waals surface area contributed by atoms with Crippen LogP contribution in [0.1, 0.15) is 18.4 Å². The number of urea groups is 1. The van der Waals surface area contributed by atoms with Gasteiger partial charge in [-0.3, -0.25) is 5.10 Å². The summed E-state index contributed by atoms with van der Waals surface area (Å²) in [4.78, 5) is 14.6. The Labute approximate surface area is 146 Å². The minimum Gasteiger partial charge on any atom is -0.372 e. The molecular formula is C19H21N5O. The number of benzene rings is 2. The van der Waals surface area contributed by atoms with Crippen molar-refractivity contribution in [1.82, 2.24) is 15.5 Å². The van der Waals surface area contributed by atoms with Crippen LogP contribution < -0.4 is 15.5 Å². The quantitative estimate of drug-likeness (QED) is 0.683. The van der Waals surface area contributed by atoms with Gasteiger partial charge in [-0.15, -0.1) is 0 Å². The lowest BCUT2D eigenvalue weighted by molar-refractivity contribution is 0.252. The van der Waals surface area contributed by atoms with Crippen molar-refractivity contribution in [3.8, 4) is 0 Å². The highest BCUT2D eigenvalue weighted by molar-refractivity contribution is 6.00. The highest BCUT2D eigenvalue weighted by Crippen LogP contribution is 2.21. The maximum Gasteiger partial charge on any atom is 0.319 e. The molecule has 1 saturated heterocycles. The Balaban J connectivity index is 1.34. The molecular weight excluding hydrogens is 314 g/mol. The van der Waals surface area contributed by atoms with E-state index < -0.39 is 0 Å². The van der Waals surface area contributed by atoms with E-state index in [0.29, 0.717) is 6.54 Å². The molecule has 3 aromatic rings. The third-order valence-corrected chi connectivity index (χ3v) is 4.59. The number of aromatic amines is 1. The molecule has 3 N–H and O–H groups in total. The Morgan fingerprint density at radius 1 is 1.12 bits per heavy atom. The minimum atomic E-state index is -0.225. The van der Waals surface area contributed by atoms with Crippen LogP contribution in [0.25, 0.3) is 10.9 Å². The number of carbonyl (C=O) groups excluding carboxylic acids is 1. The number of nitrogens with one attached hydrogen (secondary N) is 3. The maximum atomic E-state index is 12.2. The van der Waals surface area contributed by atoms with Gasteiger partial charge in [-0.1, -0.05) is 18.2 Å². The molecule has 0 bridgehead atoms. The number of nitrogens with zero attached hydrogens (tertiary/aromatic N) is 2. The zero-order valence-corrected chi connectivity index (χ0v) is 14.0. The van der Waals surface area contributed by atoms with E-state index in [-0.39, 0.29) is 6.03 Å². The molecule has 0 aliphatic carbocycles. The fourth-order valence-corrected chi connectivity index (χ4v) is 3.23. The van der Waals surface area contributed by atoms with Gasteiger partial charge in [0.15, 0.2) is 0 Å². The molecule has 2 heterocycles. The lowest BCUT2D eigenvalue weighted by atomic mass is 10.2. The molecule has 0 radical (unpaired) electrons. The summed E-state index contributed by atoms with van der Waals surface area (Å²) in [5.74, 6) is 0. The Hall–Kier alpha value is -3.02. The fraction of sp³-hybridized carbons (Fsp3) is 0.263. The van der Waals surface area contributed by atoms with E-state index in [1.54, 1.807) is 6.20 Å². The van der Waals surface area contributed by atoms with Gasteiger partial charge in [0, 0.05) is 30.7 Å². The number of H-pyrrole nitrogens is 1. The molecule has 0 spiro atoms. The third-order valence-electron chi connectivity index (χ3n) is 4.59. The molecule has 4 rings (SSSR count). The SMILES string of the molecule is O=C(NCc1ccc(N2CCCC2)cc1)Nc1cccc2[nH]ncc12. The number of carbonyl (C=O) groups is 1.